The summed E-state index contributed by atoms with van der Waals surface area (Å²) in [7, 11) is 0. The third-order valence-corrected chi connectivity index (χ3v) is 3.98. The molecule has 0 radical (unpaired) electrons. The van der Waals surface area contributed by atoms with Crippen LogP contribution in [0.15, 0.2) is 27.8 Å². The molecule has 0 bridgehead atoms. The molecule has 1 unspecified atom stereocenters. The second-order valence-electron chi connectivity index (χ2n) is 5.59. The molecule has 1 saturated heterocycles. The van der Waals surface area contributed by atoms with Gasteiger partial charge in [0.1, 0.15) is 0 Å². The van der Waals surface area contributed by atoms with Crippen LogP contribution in [-0.2, 0) is 16.1 Å². The Kier molecular flexibility index (Phi) is 4.77. The molecule has 24 heavy (non-hydrogen) atoms. The van der Waals surface area contributed by atoms with Gasteiger partial charge in [0.05, 0.1) is 10.9 Å². The van der Waals surface area contributed by atoms with E-state index in [9.17, 15) is 14.4 Å². The minimum Gasteiger partial charge on any atom is -0.350 e. The van der Waals surface area contributed by atoms with Gasteiger partial charge in [-0.1, -0.05) is 0 Å². The Hall–Kier alpha value is -2.45. The van der Waals surface area contributed by atoms with Crippen molar-refractivity contribution in [3.63, 3.8) is 0 Å². The molecule has 3 rings (SSSR count). The molecule has 2 N–H and O–H groups in total. The maximum Gasteiger partial charge on any atom is 0.328 e. The molecule has 1 aliphatic heterocycles. The van der Waals surface area contributed by atoms with Gasteiger partial charge in [-0.3, -0.25) is 14.2 Å². The zero-order valence-electron chi connectivity index (χ0n) is 13.3. The number of hydrogen-bond donors (Lipinski definition) is 2. The molecule has 0 aliphatic carbocycles. The number of rotatable bonds is 4. The molecule has 1 atom stereocenters. The zero-order valence-corrected chi connectivity index (χ0v) is 13.3. The third kappa shape index (κ3) is 3.24. The number of hydrogen-bond acceptors (Lipinski definition) is 5. The molecule has 2 heterocycles. The van der Waals surface area contributed by atoms with Crippen LogP contribution >= 0.6 is 0 Å². The Morgan fingerprint density at radius 2 is 2.25 bits per heavy atom. The molecule has 1 aliphatic rings. The summed E-state index contributed by atoms with van der Waals surface area (Å²) in [6.07, 6.45) is 2.25. The van der Waals surface area contributed by atoms with Crippen LogP contribution in [0.5, 0.6) is 0 Å². The van der Waals surface area contributed by atoms with Crippen LogP contribution in [0.25, 0.3) is 10.9 Å². The molecule has 1 aromatic heterocycles. The average molecular weight is 333 g/mol. The Morgan fingerprint density at radius 3 is 2.96 bits per heavy atom. The fraction of sp³-hybridized carbons (Fsp3) is 0.438. The Morgan fingerprint density at radius 1 is 1.42 bits per heavy atom. The summed E-state index contributed by atoms with van der Waals surface area (Å²) in [6, 6.07) is 4.49. The van der Waals surface area contributed by atoms with E-state index in [0.29, 0.717) is 17.5 Å². The van der Waals surface area contributed by atoms with Gasteiger partial charge in [-0.25, -0.2) is 15.1 Å². The number of fused-ring (bicyclic) bond motifs is 1. The van der Waals surface area contributed by atoms with Crippen molar-refractivity contribution >= 4 is 16.8 Å². The molecule has 0 spiro atoms. The molecule has 8 heteroatoms. The molecule has 1 fully saturated rings. The lowest BCUT2D eigenvalue weighted by molar-refractivity contribution is -0.186. The van der Waals surface area contributed by atoms with Crippen LogP contribution in [0.4, 0.5) is 0 Å². The predicted octanol–water partition coefficient (Wildman–Crippen LogP) is 0.898. The SMILES string of the molecule is CCn1c(=O)[nH]c2cc(C(=O)NOC3CCCCO3)ccc2c1=O. The first-order valence-corrected chi connectivity index (χ1v) is 7.94. The van der Waals surface area contributed by atoms with Gasteiger partial charge in [0.25, 0.3) is 11.5 Å². The number of amides is 1. The summed E-state index contributed by atoms with van der Waals surface area (Å²) in [4.78, 5) is 44.1. The maximum atomic E-state index is 12.2. The van der Waals surface area contributed by atoms with Gasteiger partial charge in [-0.15, -0.1) is 0 Å². The van der Waals surface area contributed by atoms with Crippen LogP contribution in [0, 0.1) is 0 Å². The number of aromatic nitrogens is 2. The second kappa shape index (κ2) is 6.98. The summed E-state index contributed by atoms with van der Waals surface area (Å²) in [6.45, 7) is 2.61. The molecule has 2 aromatic rings. The highest BCUT2D eigenvalue weighted by Crippen LogP contribution is 2.13. The van der Waals surface area contributed by atoms with E-state index in [0.717, 1.165) is 23.8 Å². The Labute approximate surface area is 137 Å². The van der Waals surface area contributed by atoms with Gasteiger partial charge in [0, 0.05) is 25.1 Å². The molecule has 1 aromatic carbocycles. The van der Waals surface area contributed by atoms with Crippen molar-refractivity contribution in [3.05, 3.63) is 44.6 Å². The highest BCUT2D eigenvalue weighted by Gasteiger charge is 2.17. The van der Waals surface area contributed by atoms with E-state index < -0.39 is 17.9 Å². The fourth-order valence-electron chi connectivity index (χ4n) is 2.67. The molecular formula is C16H19N3O5. The third-order valence-electron chi connectivity index (χ3n) is 3.98. The van der Waals surface area contributed by atoms with E-state index in [1.165, 1.54) is 18.2 Å². The first-order valence-electron chi connectivity index (χ1n) is 7.94. The van der Waals surface area contributed by atoms with Gasteiger partial charge < -0.3 is 9.72 Å². The van der Waals surface area contributed by atoms with Crippen molar-refractivity contribution in [1.29, 1.82) is 0 Å². The minimum absolute atomic E-state index is 0.279. The van der Waals surface area contributed by atoms with Crippen molar-refractivity contribution in [2.75, 3.05) is 6.61 Å². The van der Waals surface area contributed by atoms with E-state index in [2.05, 4.69) is 10.5 Å². The first kappa shape index (κ1) is 16.4. The van der Waals surface area contributed by atoms with E-state index >= 15 is 0 Å². The number of nitrogens with zero attached hydrogens (tertiary/aromatic N) is 1. The standard InChI is InChI=1S/C16H19N3O5/c1-2-19-15(21)11-7-6-10(9-12(11)17-16(19)22)14(20)18-24-13-5-3-4-8-23-13/h6-7,9,13H,2-5,8H2,1H3,(H,17,22)(H,18,20). The summed E-state index contributed by atoms with van der Waals surface area (Å²) in [5.74, 6) is -0.466. The smallest absolute Gasteiger partial charge is 0.328 e. The number of carbonyl (C=O) groups is 1. The molecular weight excluding hydrogens is 314 g/mol. The van der Waals surface area contributed by atoms with E-state index in [1.807, 2.05) is 0 Å². The zero-order chi connectivity index (χ0) is 17.1. The summed E-state index contributed by atoms with van der Waals surface area (Å²) in [5, 5.41) is 0.351. The monoisotopic (exact) mass is 333 g/mol. The van der Waals surface area contributed by atoms with Crippen LogP contribution < -0.4 is 16.7 Å². The van der Waals surface area contributed by atoms with Crippen molar-refractivity contribution < 1.29 is 14.4 Å². The highest BCUT2D eigenvalue weighted by molar-refractivity contribution is 5.97. The quantitative estimate of drug-likeness (QED) is 0.809. The number of ether oxygens (including phenoxy) is 1. The number of carbonyl (C=O) groups excluding carboxylic acids is 1. The normalized spacial score (nSPS) is 17.8. The van der Waals surface area contributed by atoms with Gasteiger partial charge in [0.15, 0.2) is 6.29 Å². The molecule has 1 amide bonds. The number of aromatic amines is 1. The van der Waals surface area contributed by atoms with Crippen molar-refractivity contribution in [2.24, 2.45) is 0 Å². The molecule has 128 valence electrons. The summed E-state index contributed by atoms with van der Waals surface area (Å²) >= 11 is 0. The minimum atomic E-state index is -0.501. The van der Waals surface area contributed by atoms with Gasteiger partial charge >= 0.3 is 5.69 Å². The van der Waals surface area contributed by atoms with Crippen molar-refractivity contribution in [3.8, 4) is 0 Å². The van der Waals surface area contributed by atoms with Gasteiger partial charge in [-0.05, 0) is 38.0 Å². The van der Waals surface area contributed by atoms with Gasteiger partial charge in [-0.2, -0.15) is 0 Å². The first-order chi connectivity index (χ1) is 11.6. The Bertz CT molecular complexity index is 864. The van der Waals surface area contributed by atoms with Crippen LogP contribution in [-0.4, -0.2) is 28.4 Å². The topological polar surface area (TPSA) is 102 Å². The lowest BCUT2D eigenvalue weighted by Crippen LogP contribution is -2.35. The van der Waals surface area contributed by atoms with Crippen molar-refractivity contribution in [2.45, 2.75) is 39.0 Å². The fourth-order valence-corrected chi connectivity index (χ4v) is 2.67. The van der Waals surface area contributed by atoms with Crippen LogP contribution in [0.1, 0.15) is 36.5 Å². The summed E-state index contributed by atoms with van der Waals surface area (Å²) < 4.78 is 6.47. The molecule has 0 saturated carbocycles. The van der Waals surface area contributed by atoms with E-state index in [1.54, 1.807) is 6.92 Å². The number of H-pyrrole nitrogens is 1. The van der Waals surface area contributed by atoms with Crippen LogP contribution in [0.2, 0.25) is 0 Å². The number of hydroxylamine groups is 1. The lowest BCUT2D eigenvalue weighted by atomic mass is 10.1. The highest BCUT2D eigenvalue weighted by atomic mass is 16.8. The summed E-state index contributed by atoms with van der Waals surface area (Å²) in [5.41, 5.74) is 2.06. The largest absolute Gasteiger partial charge is 0.350 e. The maximum absolute atomic E-state index is 12.2. The van der Waals surface area contributed by atoms with Gasteiger partial charge in [0.2, 0.25) is 0 Å². The Balaban J connectivity index is 1.81. The van der Waals surface area contributed by atoms with E-state index in [4.69, 9.17) is 9.57 Å². The second-order valence-corrected chi connectivity index (χ2v) is 5.59. The number of benzene rings is 1. The molecule has 8 nitrogen and oxygen atoms in total. The van der Waals surface area contributed by atoms with Crippen LogP contribution in [0.3, 0.4) is 0 Å². The van der Waals surface area contributed by atoms with E-state index in [-0.39, 0.29) is 17.7 Å². The average Bonchev–Trinajstić information content (AvgIpc) is 2.60. The van der Waals surface area contributed by atoms with Crippen molar-refractivity contribution in [1.82, 2.24) is 15.0 Å². The number of nitrogens with one attached hydrogen (secondary N) is 2. The lowest BCUT2D eigenvalue weighted by Gasteiger charge is -2.22. The predicted molar refractivity (Wildman–Crippen MR) is 86.6 cm³/mol.